The van der Waals surface area contributed by atoms with Gasteiger partial charge >= 0.3 is 0 Å². The number of rotatable bonds is 6. The van der Waals surface area contributed by atoms with Gasteiger partial charge in [0.1, 0.15) is 12.1 Å². The van der Waals surface area contributed by atoms with Crippen molar-refractivity contribution in [3.63, 3.8) is 0 Å². The van der Waals surface area contributed by atoms with Crippen LogP contribution in [0, 0.1) is 0 Å². The summed E-state index contributed by atoms with van der Waals surface area (Å²) >= 11 is 0. The van der Waals surface area contributed by atoms with Crippen LogP contribution in [-0.2, 0) is 18.3 Å². The van der Waals surface area contributed by atoms with Gasteiger partial charge in [0.15, 0.2) is 5.65 Å². The van der Waals surface area contributed by atoms with E-state index in [2.05, 4.69) is 42.3 Å². The van der Waals surface area contributed by atoms with Crippen LogP contribution in [0.15, 0.2) is 42.9 Å². The van der Waals surface area contributed by atoms with E-state index < -0.39 is 0 Å². The number of benzene rings is 1. The van der Waals surface area contributed by atoms with Crippen molar-refractivity contribution in [3.8, 4) is 0 Å². The van der Waals surface area contributed by atoms with Gasteiger partial charge in [-0.05, 0) is 12.0 Å². The normalized spacial score (nSPS) is 15.1. The molecule has 2 aromatic heterocycles. The first-order valence-electron chi connectivity index (χ1n) is 9.61. The second-order valence-electron chi connectivity index (χ2n) is 7.05. The van der Waals surface area contributed by atoms with E-state index in [1.807, 2.05) is 31.4 Å². The third kappa shape index (κ3) is 4.12. The molecule has 8 nitrogen and oxygen atoms in total. The van der Waals surface area contributed by atoms with Crippen molar-refractivity contribution in [2.24, 2.45) is 7.05 Å². The summed E-state index contributed by atoms with van der Waals surface area (Å²) in [5.41, 5.74) is 2.08. The predicted molar refractivity (Wildman–Crippen MR) is 108 cm³/mol. The zero-order valence-electron chi connectivity index (χ0n) is 16.1. The molecule has 1 fully saturated rings. The number of aryl methyl sites for hydroxylation is 1. The standard InChI is InChI=1S/C20H25N7O/c1-25-19-17(13-24-25)20(23-15-22-19)27-11-9-26(10-12-27)14-18(28)21-8-7-16-5-3-2-4-6-16/h2-6,13,15H,7-12,14H2,1H3,(H,21,28). The highest BCUT2D eigenvalue weighted by Crippen LogP contribution is 2.23. The van der Waals surface area contributed by atoms with E-state index in [4.69, 9.17) is 0 Å². The maximum atomic E-state index is 12.2. The maximum absolute atomic E-state index is 12.2. The number of hydrogen-bond acceptors (Lipinski definition) is 6. The Balaban J connectivity index is 1.25. The summed E-state index contributed by atoms with van der Waals surface area (Å²) in [4.78, 5) is 25.4. The van der Waals surface area contributed by atoms with Crippen LogP contribution in [0.1, 0.15) is 5.56 Å². The van der Waals surface area contributed by atoms with Crippen LogP contribution in [0.4, 0.5) is 5.82 Å². The van der Waals surface area contributed by atoms with Crippen molar-refractivity contribution >= 4 is 22.8 Å². The summed E-state index contributed by atoms with van der Waals surface area (Å²) in [6, 6.07) is 10.2. The molecule has 1 N–H and O–H groups in total. The van der Waals surface area contributed by atoms with Gasteiger partial charge in [-0.3, -0.25) is 14.4 Å². The fourth-order valence-electron chi connectivity index (χ4n) is 3.57. The molecular weight excluding hydrogens is 354 g/mol. The number of hydrogen-bond donors (Lipinski definition) is 1. The van der Waals surface area contributed by atoms with Gasteiger partial charge in [0.2, 0.25) is 5.91 Å². The molecule has 0 radical (unpaired) electrons. The maximum Gasteiger partial charge on any atom is 0.234 e. The lowest BCUT2D eigenvalue weighted by molar-refractivity contribution is -0.122. The summed E-state index contributed by atoms with van der Waals surface area (Å²) in [5.74, 6) is 1.01. The third-order valence-electron chi connectivity index (χ3n) is 5.13. The van der Waals surface area contributed by atoms with Crippen molar-refractivity contribution in [1.29, 1.82) is 0 Å². The Morgan fingerprint density at radius 1 is 1.11 bits per heavy atom. The summed E-state index contributed by atoms with van der Waals surface area (Å²) < 4.78 is 1.76. The Morgan fingerprint density at radius 2 is 1.89 bits per heavy atom. The van der Waals surface area contributed by atoms with Crippen molar-refractivity contribution in [2.75, 3.05) is 44.2 Å². The van der Waals surface area contributed by atoms with Crippen LogP contribution in [0.5, 0.6) is 0 Å². The Labute approximate surface area is 164 Å². The molecule has 1 saturated heterocycles. The van der Waals surface area contributed by atoms with E-state index in [0.717, 1.165) is 49.5 Å². The zero-order valence-corrected chi connectivity index (χ0v) is 16.1. The van der Waals surface area contributed by atoms with Gasteiger partial charge in [0, 0.05) is 39.8 Å². The van der Waals surface area contributed by atoms with E-state index in [1.54, 1.807) is 11.0 Å². The van der Waals surface area contributed by atoms with Crippen molar-refractivity contribution in [2.45, 2.75) is 6.42 Å². The average Bonchev–Trinajstić information content (AvgIpc) is 3.11. The Morgan fingerprint density at radius 3 is 2.68 bits per heavy atom. The Kier molecular flexibility index (Phi) is 5.48. The van der Waals surface area contributed by atoms with Gasteiger partial charge in [-0.25, -0.2) is 9.97 Å². The summed E-state index contributed by atoms with van der Waals surface area (Å²) in [6.45, 7) is 4.43. The molecule has 28 heavy (non-hydrogen) atoms. The van der Waals surface area contributed by atoms with Gasteiger partial charge in [0.25, 0.3) is 0 Å². The number of fused-ring (bicyclic) bond motifs is 1. The van der Waals surface area contributed by atoms with Gasteiger partial charge in [-0.1, -0.05) is 30.3 Å². The molecule has 1 aliphatic heterocycles. The molecule has 0 bridgehead atoms. The number of amides is 1. The van der Waals surface area contributed by atoms with E-state index in [0.29, 0.717) is 13.1 Å². The summed E-state index contributed by atoms with van der Waals surface area (Å²) in [7, 11) is 1.88. The Hall–Kier alpha value is -3.00. The zero-order chi connectivity index (χ0) is 19.3. The number of nitrogens with one attached hydrogen (secondary N) is 1. The molecule has 146 valence electrons. The van der Waals surface area contributed by atoms with Crippen LogP contribution in [0.3, 0.4) is 0 Å². The van der Waals surface area contributed by atoms with Crippen LogP contribution in [0.25, 0.3) is 11.0 Å². The minimum Gasteiger partial charge on any atom is -0.355 e. The fourth-order valence-corrected chi connectivity index (χ4v) is 3.57. The molecule has 1 aromatic carbocycles. The summed E-state index contributed by atoms with van der Waals surface area (Å²) in [5, 5.41) is 8.27. The van der Waals surface area contributed by atoms with Crippen molar-refractivity contribution in [3.05, 3.63) is 48.4 Å². The molecule has 8 heteroatoms. The highest BCUT2D eigenvalue weighted by Gasteiger charge is 2.22. The van der Waals surface area contributed by atoms with E-state index in [9.17, 15) is 4.79 Å². The van der Waals surface area contributed by atoms with Crippen molar-refractivity contribution in [1.82, 2.24) is 30.0 Å². The van der Waals surface area contributed by atoms with Crippen molar-refractivity contribution < 1.29 is 4.79 Å². The SMILES string of the molecule is Cn1ncc2c(N3CCN(CC(=O)NCCc4ccccc4)CC3)ncnc21. The van der Waals surface area contributed by atoms with E-state index >= 15 is 0 Å². The number of nitrogens with zero attached hydrogens (tertiary/aromatic N) is 6. The lowest BCUT2D eigenvalue weighted by Crippen LogP contribution is -2.50. The van der Waals surface area contributed by atoms with Crippen LogP contribution in [-0.4, -0.2) is 69.8 Å². The Bertz CT molecular complexity index is 932. The molecule has 3 heterocycles. The smallest absolute Gasteiger partial charge is 0.234 e. The quantitative estimate of drug-likeness (QED) is 0.684. The first-order valence-corrected chi connectivity index (χ1v) is 9.61. The number of aromatic nitrogens is 4. The predicted octanol–water partition coefficient (Wildman–Crippen LogP) is 0.844. The monoisotopic (exact) mass is 379 g/mol. The number of piperazine rings is 1. The molecule has 0 saturated carbocycles. The first-order chi connectivity index (χ1) is 13.7. The average molecular weight is 379 g/mol. The van der Waals surface area contributed by atoms with Crippen LogP contribution in [0.2, 0.25) is 0 Å². The molecule has 0 atom stereocenters. The fraction of sp³-hybridized carbons (Fsp3) is 0.400. The summed E-state index contributed by atoms with van der Waals surface area (Å²) in [6.07, 6.45) is 4.26. The van der Waals surface area contributed by atoms with Crippen LogP contribution < -0.4 is 10.2 Å². The van der Waals surface area contributed by atoms with Gasteiger partial charge in [-0.2, -0.15) is 5.10 Å². The molecule has 1 aliphatic rings. The molecular formula is C20H25N7O. The minimum absolute atomic E-state index is 0.0843. The highest BCUT2D eigenvalue weighted by molar-refractivity contribution is 5.86. The molecule has 0 unspecified atom stereocenters. The van der Waals surface area contributed by atoms with E-state index in [-0.39, 0.29) is 5.91 Å². The number of carbonyl (C=O) groups is 1. The first kappa shape index (κ1) is 18.4. The number of carbonyl (C=O) groups excluding carboxylic acids is 1. The number of anilines is 1. The van der Waals surface area contributed by atoms with Gasteiger partial charge < -0.3 is 10.2 Å². The molecule has 0 aliphatic carbocycles. The topological polar surface area (TPSA) is 79.2 Å². The minimum atomic E-state index is 0.0843. The lowest BCUT2D eigenvalue weighted by atomic mass is 10.1. The highest BCUT2D eigenvalue weighted by atomic mass is 16.2. The third-order valence-corrected chi connectivity index (χ3v) is 5.13. The van der Waals surface area contributed by atoms with Crippen LogP contribution >= 0.6 is 0 Å². The molecule has 3 aromatic rings. The van der Waals surface area contributed by atoms with Gasteiger partial charge in [0.05, 0.1) is 18.1 Å². The second kappa shape index (κ2) is 8.35. The van der Waals surface area contributed by atoms with E-state index in [1.165, 1.54) is 5.56 Å². The second-order valence-corrected chi connectivity index (χ2v) is 7.05. The van der Waals surface area contributed by atoms with Gasteiger partial charge in [-0.15, -0.1) is 0 Å². The molecule has 4 rings (SSSR count). The lowest BCUT2D eigenvalue weighted by Gasteiger charge is -2.35. The molecule has 1 amide bonds. The largest absolute Gasteiger partial charge is 0.355 e. The molecule has 0 spiro atoms.